The van der Waals surface area contributed by atoms with Crippen molar-refractivity contribution < 1.29 is 9.18 Å². The number of fused-ring (bicyclic) bond motifs is 3. The van der Waals surface area contributed by atoms with Gasteiger partial charge in [0, 0.05) is 34.5 Å². The number of aromatic nitrogens is 2. The lowest BCUT2D eigenvalue weighted by Gasteiger charge is -2.10. The molecule has 5 heteroatoms. The Morgan fingerprint density at radius 1 is 1.26 bits per heavy atom. The third-order valence-electron chi connectivity index (χ3n) is 4.64. The molecule has 0 fully saturated rings. The summed E-state index contributed by atoms with van der Waals surface area (Å²) in [5.41, 5.74) is 9.45. The van der Waals surface area contributed by atoms with Crippen LogP contribution in [0, 0.1) is 18.2 Å². The molecule has 0 saturated carbocycles. The zero-order valence-corrected chi connectivity index (χ0v) is 14.4. The first-order valence-corrected chi connectivity index (χ1v) is 8.47. The van der Waals surface area contributed by atoms with Crippen LogP contribution in [0.4, 0.5) is 4.39 Å². The highest BCUT2D eigenvalue weighted by atomic mass is 19.1. The summed E-state index contributed by atoms with van der Waals surface area (Å²) in [7, 11) is 0. The number of terminal acetylenes is 1. The predicted octanol–water partition coefficient (Wildman–Crippen LogP) is 3.46. The van der Waals surface area contributed by atoms with Crippen LogP contribution in [0.3, 0.4) is 0 Å². The van der Waals surface area contributed by atoms with Gasteiger partial charge in [-0.05, 0) is 29.3 Å². The largest absolute Gasteiger partial charge is 0.369 e. The van der Waals surface area contributed by atoms with Crippen LogP contribution in [0.1, 0.15) is 22.4 Å². The Balaban J connectivity index is 1.94. The fourth-order valence-electron chi connectivity index (χ4n) is 3.45. The molecular weight excluding hydrogens is 341 g/mol. The molecule has 2 aromatic carbocycles. The molecule has 0 unspecified atom stereocenters. The number of hydrogen-bond donors (Lipinski definition) is 2. The zero-order valence-electron chi connectivity index (χ0n) is 14.4. The number of nitrogens with zero attached hydrogens (tertiary/aromatic N) is 1. The number of nitrogens with one attached hydrogen (secondary N) is 1. The maximum Gasteiger partial charge on any atom is 0.221 e. The highest BCUT2D eigenvalue weighted by Crippen LogP contribution is 2.34. The number of pyridine rings is 1. The van der Waals surface area contributed by atoms with Crippen molar-refractivity contribution >= 4 is 27.7 Å². The van der Waals surface area contributed by atoms with Gasteiger partial charge < -0.3 is 10.7 Å². The summed E-state index contributed by atoms with van der Waals surface area (Å²) < 4.78 is 15.0. The first kappa shape index (κ1) is 16.8. The van der Waals surface area contributed by atoms with Crippen molar-refractivity contribution in [3.05, 3.63) is 76.9 Å². The van der Waals surface area contributed by atoms with Crippen molar-refractivity contribution in [2.45, 2.75) is 12.8 Å². The summed E-state index contributed by atoms with van der Waals surface area (Å²) in [6.07, 6.45) is 7.33. The average molecular weight is 357 g/mol. The third-order valence-corrected chi connectivity index (χ3v) is 4.64. The number of carbonyl (C=O) groups is 1. The maximum absolute atomic E-state index is 15.0. The molecule has 4 aromatic rings. The molecule has 2 aromatic heterocycles. The Labute approximate surface area is 155 Å². The molecular formula is C22H16FN3O. The molecule has 132 valence electrons. The molecule has 4 rings (SSSR count). The maximum atomic E-state index is 15.0. The average Bonchev–Trinajstić information content (AvgIpc) is 3.05. The lowest BCUT2D eigenvalue weighted by Crippen LogP contribution is -2.14. The quantitative estimate of drug-likeness (QED) is 0.549. The molecule has 0 aliphatic rings. The lowest BCUT2D eigenvalue weighted by molar-refractivity contribution is -0.117. The summed E-state index contributed by atoms with van der Waals surface area (Å²) in [5.74, 6) is 1.60. The second kappa shape index (κ2) is 6.58. The summed E-state index contributed by atoms with van der Waals surface area (Å²) in [6.45, 7) is 0. The van der Waals surface area contributed by atoms with Crippen LogP contribution in [0.2, 0.25) is 0 Å². The van der Waals surface area contributed by atoms with Gasteiger partial charge in [-0.3, -0.25) is 4.79 Å². The van der Waals surface area contributed by atoms with E-state index in [0.29, 0.717) is 23.2 Å². The van der Waals surface area contributed by atoms with Crippen LogP contribution in [0.5, 0.6) is 0 Å². The minimum absolute atomic E-state index is 0.0288. The van der Waals surface area contributed by atoms with E-state index in [9.17, 15) is 4.79 Å². The van der Waals surface area contributed by atoms with Gasteiger partial charge in [0.25, 0.3) is 0 Å². The van der Waals surface area contributed by atoms with E-state index in [4.69, 9.17) is 12.2 Å². The number of primary amides is 1. The smallest absolute Gasteiger partial charge is 0.221 e. The molecule has 1 amide bonds. The number of hydrogen-bond acceptors (Lipinski definition) is 2. The number of rotatable bonds is 4. The normalized spacial score (nSPS) is 11.0. The number of aromatic amines is 1. The molecule has 0 saturated heterocycles. The van der Waals surface area contributed by atoms with Crippen molar-refractivity contribution in [1.82, 2.24) is 9.97 Å². The van der Waals surface area contributed by atoms with Crippen molar-refractivity contribution in [1.29, 1.82) is 0 Å². The Morgan fingerprint density at radius 2 is 2.07 bits per heavy atom. The minimum Gasteiger partial charge on any atom is -0.369 e. The Hall–Kier alpha value is -3.65. The molecule has 27 heavy (non-hydrogen) atoms. The van der Waals surface area contributed by atoms with Gasteiger partial charge in [-0.2, -0.15) is 0 Å². The molecule has 0 spiro atoms. The number of H-pyrrole nitrogens is 1. The number of para-hydroxylation sites is 1. The van der Waals surface area contributed by atoms with E-state index in [1.165, 1.54) is 6.07 Å². The standard InChI is InChI=1S/C22H16FN3O/c1-2-15-8-7-13(12-25-15)9-17-18(23)10-14(11-20(24)27)22-21(17)16-5-3-4-6-19(16)26-22/h1,3-8,10,12,26H,9,11H2,(H2,24,27). The summed E-state index contributed by atoms with van der Waals surface area (Å²) in [5, 5.41) is 1.67. The van der Waals surface area contributed by atoms with E-state index >= 15 is 4.39 Å². The fourth-order valence-corrected chi connectivity index (χ4v) is 3.45. The Morgan fingerprint density at radius 3 is 2.78 bits per heavy atom. The number of nitrogens with two attached hydrogens (primary N) is 1. The second-order valence-electron chi connectivity index (χ2n) is 6.43. The predicted molar refractivity (Wildman–Crippen MR) is 104 cm³/mol. The first-order chi connectivity index (χ1) is 13.1. The van der Waals surface area contributed by atoms with Crippen LogP contribution >= 0.6 is 0 Å². The van der Waals surface area contributed by atoms with Gasteiger partial charge in [-0.25, -0.2) is 9.37 Å². The molecule has 0 radical (unpaired) electrons. The van der Waals surface area contributed by atoms with Gasteiger partial charge in [0.2, 0.25) is 5.91 Å². The molecule has 4 nitrogen and oxygen atoms in total. The zero-order chi connectivity index (χ0) is 19.0. The van der Waals surface area contributed by atoms with E-state index in [2.05, 4.69) is 15.9 Å². The van der Waals surface area contributed by atoms with E-state index in [1.807, 2.05) is 30.3 Å². The number of amides is 1. The van der Waals surface area contributed by atoms with Crippen molar-refractivity contribution in [3.63, 3.8) is 0 Å². The fraction of sp³-hybridized carbons (Fsp3) is 0.0909. The first-order valence-electron chi connectivity index (χ1n) is 8.47. The number of halogens is 1. The van der Waals surface area contributed by atoms with Gasteiger partial charge in [0.05, 0.1) is 11.9 Å². The van der Waals surface area contributed by atoms with E-state index in [1.54, 1.807) is 12.3 Å². The van der Waals surface area contributed by atoms with Gasteiger partial charge in [0.15, 0.2) is 0 Å². The van der Waals surface area contributed by atoms with Gasteiger partial charge in [0.1, 0.15) is 11.5 Å². The Bertz CT molecular complexity index is 1220. The van der Waals surface area contributed by atoms with E-state index < -0.39 is 5.91 Å². The molecule has 2 heterocycles. The van der Waals surface area contributed by atoms with E-state index in [0.717, 1.165) is 27.4 Å². The molecule has 0 bridgehead atoms. The van der Waals surface area contributed by atoms with Gasteiger partial charge >= 0.3 is 0 Å². The van der Waals surface area contributed by atoms with Crippen LogP contribution in [0.15, 0.2) is 48.7 Å². The van der Waals surface area contributed by atoms with Crippen molar-refractivity contribution in [2.24, 2.45) is 5.73 Å². The third kappa shape index (κ3) is 3.02. The summed E-state index contributed by atoms with van der Waals surface area (Å²) >= 11 is 0. The lowest BCUT2D eigenvalue weighted by atomic mass is 9.96. The van der Waals surface area contributed by atoms with Crippen molar-refractivity contribution in [2.75, 3.05) is 0 Å². The van der Waals surface area contributed by atoms with Crippen LogP contribution in [-0.2, 0) is 17.6 Å². The molecule has 0 aliphatic carbocycles. The summed E-state index contributed by atoms with van der Waals surface area (Å²) in [6, 6.07) is 12.6. The number of carbonyl (C=O) groups excluding carboxylic acids is 1. The molecule has 3 N–H and O–H groups in total. The molecule has 0 aliphatic heterocycles. The monoisotopic (exact) mass is 357 g/mol. The highest BCUT2D eigenvalue weighted by molar-refractivity contribution is 6.10. The second-order valence-corrected chi connectivity index (χ2v) is 6.43. The Kier molecular flexibility index (Phi) is 4.09. The minimum atomic E-state index is -0.504. The highest BCUT2D eigenvalue weighted by Gasteiger charge is 2.18. The van der Waals surface area contributed by atoms with Crippen LogP contribution < -0.4 is 5.73 Å². The SMILES string of the molecule is C#Cc1ccc(Cc2c(F)cc(CC(N)=O)c3[nH]c4ccccc4c23)cn1. The van der Waals surface area contributed by atoms with Gasteiger partial charge in [-0.1, -0.05) is 30.2 Å². The molecule has 0 atom stereocenters. The van der Waals surface area contributed by atoms with Gasteiger partial charge in [-0.15, -0.1) is 6.42 Å². The van der Waals surface area contributed by atoms with Crippen LogP contribution in [-0.4, -0.2) is 15.9 Å². The van der Waals surface area contributed by atoms with Crippen molar-refractivity contribution in [3.8, 4) is 12.3 Å². The topological polar surface area (TPSA) is 71.8 Å². The van der Waals surface area contributed by atoms with E-state index in [-0.39, 0.29) is 12.2 Å². The summed E-state index contributed by atoms with van der Waals surface area (Å²) in [4.78, 5) is 18.9. The number of benzene rings is 2. The van der Waals surface area contributed by atoms with Crippen LogP contribution in [0.25, 0.3) is 21.8 Å².